The highest BCUT2D eigenvalue weighted by Crippen LogP contribution is 2.36. The van der Waals surface area contributed by atoms with Crippen LogP contribution in [-0.4, -0.2) is 27.9 Å². The molecule has 0 saturated carbocycles. The van der Waals surface area contributed by atoms with Crippen molar-refractivity contribution in [1.82, 2.24) is 27.9 Å². The number of rotatable bonds is 4. The maximum absolute atomic E-state index is 5.15. The zero-order valence-electron chi connectivity index (χ0n) is 26.8. The Labute approximate surface area is 286 Å². The summed E-state index contributed by atoms with van der Waals surface area (Å²) in [7, 11) is 0. The second kappa shape index (κ2) is 10.3. The van der Waals surface area contributed by atoms with Crippen molar-refractivity contribution in [3.05, 3.63) is 170 Å². The normalized spacial score (nSPS) is 12.0. The Hall–Kier alpha value is -6.92. The number of fused-ring (bicyclic) bond motifs is 10. The number of aromatic nitrogens is 6. The molecule has 0 radical (unpaired) electrons. The second-order valence-electron chi connectivity index (χ2n) is 12.8. The van der Waals surface area contributed by atoms with Gasteiger partial charge < -0.3 is 0 Å². The number of imidazole rings is 4. The number of para-hydroxylation sites is 5. The molecule has 4 aromatic heterocycles. The molecule has 11 aromatic rings. The van der Waals surface area contributed by atoms with Gasteiger partial charge in [0.2, 0.25) is 11.6 Å². The predicted octanol–water partition coefficient (Wildman–Crippen LogP) is 10.5. The Bertz CT molecular complexity index is 3070. The monoisotopic (exact) mass is 640 g/mol. The van der Waals surface area contributed by atoms with E-state index in [4.69, 9.17) is 9.97 Å². The molecule has 0 fully saturated rings. The van der Waals surface area contributed by atoms with E-state index in [-0.39, 0.29) is 0 Å². The van der Waals surface area contributed by atoms with E-state index in [9.17, 15) is 0 Å². The molecule has 0 aliphatic carbocycles. The Morgan fingerprint density at radius 1 is 0.300 bits per heavy atom. The minimum Gasteiger partial charge on any atom is -0.278 e. The van der Waals surface area contributed by atoms with Crippen LogP contribution < -0.4 is 0 Å². The summed E-state index contributed by atoms with van der Waals surface area (Å²) in [5, 5.41) is 0. The maximum Gasteiger partial charge on any atom is 0.220 e. The standard InChI is InChI=1S/C44H28N6/c1-3-11-29(12-4-1)30-19-23-34(24-20-30)48-40-26-22-32(28-42(40)50-38-18-10-8-16-36(38)46-44(48)50)31-21-25-39-41(27-31)49-37-17-9-7-15-35(37)45-43(49)47(39)33-13-5-2-6-14-33/h1-28H. The fourth-order valence-electron chi connectivity index (χ4n) is 7.68. The molecule has 0 aliphatic rings. The van der Waals surface area contributed by atoms with Crippen LogP contribution in [0.1, 0.15) is 0 Å². The summed E-state index contributed by atoms with van der Waals surface area (Å²) in [6, 6.07) is 60.1. The molecule has 0 unspecified atom stereocenters. The van der Waals surface area contributed by atoms with Crippen molar-refractivity contribution >= 4 is 55.7 Å². The Balaban J connectivity index is 1.13. The van der Waals surface area contributed by atoms with E-state index in [2.05, 4.69) is 188 Å². The number of hydrogen-bond acceptors (Lipinski definition) is 2. The zero-order valence-corrected chi connectivity index (χ0v) is 26.8. The van der Waals surface area contributed by atoms with Crippen LogP contribution in [0.4, 0.5) is 0 Å². The predicted molar refractivity (Wildman–Crippen MR) is 203 cm³/mol. The quantitative estimate of drug-likeness (QED) is 0.192. The van der Waals surface area contributed by atoms with Crippen LogP contribution in [0.3, 0.4) is 0 Å². The molecule has 4 heterocycles. The van der Waals surface area contributed by atoms with Gasteiger partial charge >= 0.3 is 0 Å². The summed E-state index contributed by atoms with van der Waals surface area (Å²) < 4.78 is 9.12. The number of hydrogen-bond donors (Lipinski definition) is 0. The molecule has 0 spiro atoms. The van der Waals surface area contributed by atoms with Crippen molar-refractivity contribution in [2.24, 2.45) is 0 Å². The molecule has 11 rings (SSSR count). The van der Waals surface area contributed by atoms with Crippen LogP contribution >= 0.6 is 0 Å². The van der Waals surface area contributed by atoms with E-state index in [1.54, 1.807) is 0 Å². The lowest BCUT2D eigenvalue weighted by Gasteiger charge is -2.09. The topological polar surface area (TPSA) is 44.5 Å². The van der Waals surface area contributed by atoms with Crippen molar-refractivity contribution in [2.45, 2.75) is 0 Å². The van der Waals surface area contributed by atoms with Gasteiger partial charge in [0.15, 0.2) is 0 Å². The molecular weight excluding hydrogens is 613 g/mol. The van der Waals surface area contributed by atoms with E-state index in [0.29, 0.717) is 0 Å². The van der Waals surface area contributed by atoms with E-state index < -0.39 is 0 Å². The fraction of sp³-hybridized carbons (Fsp3) is 0. The van der Waals surface area contributed by atoms with Gasteiger partial charge in [0, 0.05) is 11.4 Å². The van der Waals surface area contributed by atoms with Crippen molar-refractivity contribution in [2.75, 3.05) is 0 Å². The van der Waals surface area contributed by atoms with E-state index in [1.165, 1.54) is 11.1 Å². The first-order chi connectivity index (χ1) is 24.8. The van der Waals surface area contributed by atoms with Crippen LogP contribution in [0, 0.1) is 0 Å². The molecule has 0 aliphatic heterocycles. The maximum atomic E-state index is 5.15. The molecule has 0 saturated heterocycles. The molecule has 6 nitrogen and oxygen atoms in total. The van der Waals surface area contributed by atoms with Crippen LogP contribution in [-0.2, 0) is 0 Å². The van der Waals surface area contributed by atoms with Gasteiger partial charge in [-0.3, -0.25) is 17.9 Å². The molecule has 0 bridgehead atoms. The first kappa shape index (κ1) is 27.1. The lowest BCUT2D eigenvalue weighted by molar-refractivity contribution is 1.11. The summed E-state index contributed by atoms with van der Waals surface area (Å²) in [6.07, 6.45) is 0. The van der Waals surface area contributed by atoms with Crippen LogP contribution in [0.5, 0.6) is 0 Å². The van der Waals surface area contributed by atoms with Gasteiger partial charge in [-0.15, -0.1) is 0 Å². The third-order valence-corrected chi connectivity index (χ3v) is 9.98. The van der Waals surface area contributed by atoms with Gasteiger partial charge in [-0.05, 0) is 95.1 Å². The molecule has 7 aromatic carbocycles. The first-order valence-corrected chi connectivity index (χ1v) is 16.9. The SMILES string of the molecule is c1ccc(-c2ccc(-n3c4ccc(-c5ccc6c(c5)n5c7ccccc7nc5n6-c5ccccc5)cc4n4c5ccccc5nc34)cc2)cc1. The largest absolute Gasteiger partial charge is 0.278 e. The van der Waals surface area contributed by atoms with Crippen LogP contribution in [0.25, 0.3) is 89.3 Å². The Morgan fingerprint density at radius 3 is 1.26 bits per heavy atom. The van der Waals surface area contributed by atoms with E-state index >= 15 is 0 Å². The van der Waals surface area contributed by atoms with Crippen molar-refractivity contribution in [1.29, 1.82) is 0 Å². The second-order valence-corrected chi connectivity index (χ2v) is 12.8. The van der Waals surface area contributed by atoms with Crippen molar-refractivity contribution in [3.63, 3.8) is 0 Å². The first-order valence-electron chi connectivity index (χ1n) is 16.9. The van der Waals surface area contributed by atoms with Crippen LogP contribution in [0.15, 0.2) is 170 Å². The zero-order chi connectivity index (χ0) is 32.8. The van der Waals surface area contributed by atoms with Gasteiger partial charge in [0.1, 0.15) is 0 Å². The average molecular weight is 641 g/mol. The highest BCUT2D eigenvalue weighted by molar-refractivity contribution is 5.97. The molecule has 0 atom stereocenters. The lowest BCUT2D eigenvalue weighted by Crippen LogP contribution is -1.95. The van der Waals surface area contributed by atoms with E-state index in [1.807, 2.05) is 0 Å². The van der Waals surface area contributed by atoms with Gasteiger partial charge in [-0.25, -0.2) is 9.97 Å². The Kier molecular flexibility index (Phi) is 5.57. The Morgan fingerprint density at radius 2 is 0.720 bits per heavy atom. The van der Waals surface area contributed by atoms with Crippen molar-refractivity contribution in [3.8, 4) is 33.6 Å². The summed E-state index contributed by atoms with van der Waals surface area (Å²) in [6.45, 7) is 0. The van der Waals surface area contributed by atoms with Gasteiger partial charge in [-0.2, -0.15) is 0 Å². The number of benzene rings is 7. The van der Waals surface area contributed by atoms with E-state index in [0.717, 1.165) is 78.2 Å². The fourth-order valence-corrected chi connectivity index (χ4v) is 7.68. The van der Waals surface area contributed by atoms with Crippen LogP contribution in [0.2, 0.25) is 0 Å². The molecule has 0 amide bonds. The van der Waals surface area contributed by atoms with Crippen molar-refractivity contribution < 1.29 is 0 Å². The minimum atomic E-state index is 0.896. The lowest BCUT2D eigenvalue weighted by atomic mass is 10.0. The minimum absolute atomic E-state index is 0.896. The molecular formula is C44H28N6. The highest BCUT2D eigenvalue weighted by atomic mass is 15.2. The molecule has 50 heavy (non-hydrogen) atoms. The third-order valence-electron chi connectivity index (χ3n) is 9.98. The summed E-state index contributed by atoms with van der Waals surface area (Å²) in [5.41, 5.74) is 15.4. The highest BCUT2D eigenvalue weighted by Gasteiger charge is 2.20. The number of nitrogens with zero attached hydrogens (tertiary/aromatic N) is 6. The van der Waals surface area contributed by atoms with Gasteiger partial charge in [0.05, 0.1) is 44.1 Å². The third kappa shape index (κ3) is 3.84. The summed E-state index contributed by atoms with van der Waals surface area (Å²) in [5.74, 6) is 1.80. The summed E-state index contributed by atoms with van der Waals surface area (Å²) >= 11 is 0. The molecule has 234 valence electrons. The average Bonchev–Trinajstić information content (AvgIpc) is 3.91. The van der Waals surface area contributed by atoms with Gasteiger partial charge in [-0.1, -0.05) is 97.1 Å². The smallest absolute Gasteiger partial charge is 0.220 e. The molecule has 6 heteroatoms. The molecule has 0 N–H and O–H groups in total. The van der Waals surface area contributed by atoms with Gasteiger partial charge in [0.25, 0.3) is 0 Å². The summed E-state index contributed by atoms with van der Waals surface area (Å²) in [4.78, 5) is 10.3.